The van der Waals surface area contributed by atoms with Crippen LogP contribution in [0.15, 0.2) is 66.0 Å². The molecule has 0 aliphatic carbocycles. The van der Waals surface area contributed by atoms with Crippen molar-refractivity contribution in [1.29, 1.82) is 0 Å². The summed E-state index contributed by atoms with van der Waals surface area (Å²) in [6.45, 7) is 0.503. The number of carbonyl (C=O) groups is 1. The first-order valence-corrected chi connectivity index (χ1v) is 10.5. The van der Waals surface area contributed by atoms with E-state index in [4.69, 9.17) is 4.74 Å². The van der Waals surface area contributed by atoms with Crippen LogP contribution in [0, 0.1) is 0 Å². The van der Waals surface area contributed by atoms with Crippen molar-refractivity contribution >= 4 is 26.8 Å². The van der Waals surface area contributed by atoms with Crippen LogP contribution in [0.25, 0.3) is 10.9 Å². The van der Waals surface area contributed by atoms with Crippen LogP contribution in [0.5, 0.6) is 5.75 Å². The average Bonchev–Trinajstić information content (AvgIpc) is 2.74. The van der Waals surface area contributed by atoms with Gasteiger partial charge in [0.2, 0.25) is 15.9 Å². The van der Waals surface area contributed by atoms with E-state index < -0.39 is 10.0 Å². The van der Waals surface area contributed by atoms with E-state index in [0.717, 1.165) is 15.2 Å². The Labute approximate surface area is 169 Å². The highest BCUT2D eigenvalue weighted by Crippen LogP contribution is 2.22. The largest absolute Gasteiger partial charge is 0.491 e. The molecule has 0 fully saturated rings. The highest BCUT2D eigenvalue weighted by molar-refractivity contribution is 7.89. The number of likely N-dealkylation sites (N-methyl/N-ethyl adjacent to an activating group) is 1. The number of aromatic nitrogens is 2. The molecule has 2 aromatic heterocycles. The number of benzene rings is 1. The van der Waals surface area contributed by atoms with Crippen LogP contribution in [0.3, 0.4) is 0 Å². The summed E-state index contributed by atoms with van der Waals surface area (Å²) in [6, 6.07) is 12.5. The van der Waals surface area contributed by atoms with Gasteiger partial charge in [0.05, 0.1) is 13.2 Å². The molecule has 0 atom stereocenters. The summed E-state index contributed by atoms with van der Waals surface area (Å²) in [5.41, 5.74) is 0.793. The fourth-order valence-corrected chi connectivity index (χ4v) is 3.79. The number of hydrogen-bond acceptors (Lipinski definition) is 6. The van der Waals surface area contributed by atoms with Crippen LogP contribution in [-0.4, -0.2) is 55.3 Å². The van der Waals surface area contributed by atoms with Gasteiger partial charge in [0.1, 0.15) is 16.2 Å². The second-order valence-electron chi connectivity index (χ2n) is 6.33. The number of nitrogens with one attached hydrogen (secondary N) is 1. The third-order valence-corrected chi connectivity index (χ3v) is 5.99. The molecule has 8 nitrogen and oxygen atoms in total. The molecule has 1 N–H and O–H groups in total. The van der Waals surface area contributed by atoms with Gasteiger partial charge in [-0.1, -0.05) is 18.2 Å². The Morgan fingerprint density at radius 3 is 2.72 bits per heavy atom. The van der Waals surface area contributed by atoms with Crippen LogP contribution >= 0.6 is 0 Å². The Morgan fingerprint density at radius 1 is 1.14 bits per heavy atom. The third-order valence-electron chi connectivity index (χ3n) is 4.21. The zero-order valence-corrected chi connectivity index (χ0v) is 16.8. The Kier molecular flexibility index (Phi) is 6.73. The smallest absolute Gasteiger partial charge is 0.244 e. The van der Waals surface area contributed by atoms with Crippen molar-refractivity contribution in [2.24, 2.45) is 0 Å². The van der Waals surface area contributed by atoms with E-state index in [1.54, 1.807) is 6.20 Å². The molecule has 2 heterocycles. The van der Waals surface area contributed by atoms with Gasteiger partial charge >= 0.3 is 0 Å². The van der Waals surface area contributed by atoms with Gasteiger partial charge in [-0.3, -0.25) is 14.8 Å². The molecule has 9 heteroatoms. The number of carbonyl (C=O) groups excluding carboxylic acids is 1. The van der Waals surface area contributed by atoms with Gasteiger partial charge in [-0.2, -0.15) is 4.31 Å². The minimum Gasteiger partial charge on any atom is -0.491 e. The van der Waals surface area contributed by atoms with Crippen LogP contribution < -0.4 is 10.1 Å². The SMILES string of the molecule is CN(CC(=O)NCCCOc1cccc2cccnc12)S(=O)(=O)c1cccnc1. The zero-order chi connectivity index (χ0) is 20.7. The van der Waals surface area contributed by atoms with Crippen LogP contribution in [0.1, 0.15) is 6.42 Å². The Bertz CT molecular complexity index is 1070. The molecule has 0 aliphatic rings. The Balaban J connectivity index is 1.43. The standard InChI is InChI=1S/C20H22N4O4S/c1-24(29(26,27)17-8-4-10-21-14-17)15-19(25)22-12-5-13-28-18-9-2-6-16-7-3-11-23-20(16)18/h2-4,6-11,14H,5,12-13,15H2,1H3,(H,22,25). The predicted octanol–water partition coefficient (Wildman–Crippen LogP) is 1.84. The molecule has 0 bridgehead atoms. The number of fused-ring (bicyclic) bond motifs is 1. The molecule has 0 radical (unpaired) electrons. The molecule has 152 valence electrons. The molecule has 0 saturated heterocycles. The van der Waals surface area contributed by atoms with Crippen molar-refractivity contribution < 1.29 is 17.9 Å². The maximum Gasteiger partial charge on any atom is 0.244 e. The molecule has 0 aliphatic heterocycles. The van der Waals surface area contributed by atoms with Crippen molar-refractivity contribution in [3.8, 4) is 5.75 Å². The number of nitrogens with zero attached hydrogens (tertiary/aromatic N) is 3. The van der Waals surface area contributed by atoms with Crippen molar-refractivity contribution in [3.63, 3.8) is 0 Å². The lowest BCUT2D eigenvalue weighted by molar-refractivity contribution is -0.121. The Morgan fingerprint density at radius 2 is 1.93 bits per heavy atom. The minimum atomic E-state index is -3.75. The van der Waals surface area contributed by atoms with Crippen LogP contribution in [0.2, 0.25) is 0 Å². The lowest BCUT2D eigenvalue weighted by Crippen LogP contribution is -2.38. The summed E-state index contributed by atoms with van der Waals surface area (Å²) in [7, 11) is -2.39. The lowest BCUT2D eigenvalue weighted by Gasteiger charge is -2.16. The van der Waals surface area contributed by atoms with Crippen LogP contribution in [0.4, 0.5) is 0 Å². The first-order valence-electron chi connectivity index (χ1n) is 9.08. The van der Waals surface area contributed by atoms with E-state index in [0.29, 0.717) is 25.3 Å². The van der Waals surface area contributed by atoms with E-state index in [1.165, 1.54) is 31.6 Å². The first kappa shape index (κ1) is 20.7. The molecule has 1 amide bonds. The summed E-state index contributed by atoms with van der Waals surface area (Å²) >= 11 is 0. The number of sulfonamides is 1. The van der Waals surface area contributed by atoms with E-state index in [9.17, 15) is 13.2 Å². The zero-order valence-electron chi connectivity index (χ0n) is 16.0. The van der Waals surface area contributed by atoms with Gasteiger partial charge in [-0.05, 0) is 30.7 Å². The normalized spacial score (nSPS) is 11.5. The minimum absolute atomic E-state index is 0.0485. The predicted molar refractivity (Wildman–Crippen MR) is 109 cm³/mol. The molecular weight excluding hydrogens is 392 g/mol. The maximum absolute atomic E-state index is 12.4. The molecule has 0 spiro atoms. The molecule has 3 rings (SSSR count). The van der Waals surface area contributed by atoms with Gasteiger partial charge in [0.15, 0.2) is 0 Å². The van der Waals surface area contributed by atoms with E-state index >= 15 is 0 Å². The number of rotatable bonds is 9. The third kappa shape index (κ3) is 5.27. The van der Waals surface area contributed by atoms with E-state index in [-0.39, 0.29) is 17.3 Å². The monoisotopic (exact) mass is 414 g/mol. The van der Waals surface area contributed by atoms with Crippen molar-refractivity contribution in [3.05, 3.63) is 61.1 Å². The van der Waals surface area contributed by atoms with E-state index in [2.05, 4.69) is 15.3 Å². The summed E-state index contributed by atoms with van der Waals surface area (Å²) in [4.78, 5) is 20.2. The second kappa shape index (κ2) is 9.44. The van der Waals surface area contributed by atoms with Crippen LogP contribution in [-0.2, 0) is 14.8 Å². The Hall–Kier alpha value is -3.04. The van der Waals surface area contributed by atoms with Gasteiger partial charge < -0.3 is 10.1 Å². The number of amides is 1. The topological polar surface area (TPSA) is 101 Å². The molecule has 29 heavy (non-hydrogen) atoms. The van der Waals surface area contributed by atoms with E-state index in [1.807, 2.05) is 30.3 Å². The highest BCUT2D eigenvalue weighted by Gasteiger charge is 2.22. The fourth-order valence-electron chi connectivity index (χ4n) is 2.70. The summed E-state index contributed by atoms with van der Waals surface area (Å²) < 4.78 is 31.5. The molecule has 1 aromatic carbocycles. The lowest BCUT2D eigenvalue weighted by atomic mass is 10.2. The van der Waals surface area contributed by atoms with Crippen molar-refractivity contribution in [1.82, 2.24) is 19.6 Å². The summed E-state index contributed by atoms with van der Waals surface area (Å²) in [5.74, 6) is 0.309. The molecular formula is C20H22N4O4S. The highest BCUT2D eigenvalue weighted by atomic mass is 32.2. The summed E-state index contributed by atoms with van der Waals surface area (Å²) in [6.07, 6.45) is 5.03. The maximum atomic E-state index is 12.4. The van der Waals surface area contributed by atoms with Gasteiger partial charge in [0, 0.05) is 37.6 Å². The second-order valence-corrected chi connectivity index (χ2v) is 8.38. The molecule has 3 aromatic rings. The molecule has 0 saturated carbocycles. The van der Waals surface area contributed by atoms with Gasteiger partial charge in [-0.25, -0.2) is 8.42 Å². The summed E-state index contributed by atoms with van der Waals surface area (Å²) in [5, 5.41) is 3.70. The first-order chi connectivity index (χ1) is 14.0. The molecule has 0 unspecified atom stereocenters. The number of hydrogen-bond donors (Lipinski definition) is 1. The fraction of sp³-hybridized carbons (Fsp3) is 0.250. The quantitative estimate of drug-likeness (QED) is 0.536. The number of pyridine rings is 2. The average molecular weight is 414 g/mol. The number of ether oxygens (including phenoxy) is 1. The van der Waals surface area contributed by atoms with Gasteiger partial charge in [0.25, 0.3) is 0 Å². The van der Waals surface area contributed by atoms with Gasteiger partial charge in [-0.15, -0.1) is 0 Å². The number of para-hydroxylation sites is 1. The van der Waals surface area contributed by atoms with Crippen molar-refractivity contribution in [2.75, 3.05) is 26.7 Å². The van der Waals surface area contributed by atoms with Crippen molar-refractivity contribution in [2.45, 2.75) is 11.3 Å².